The van der Waals surface area contributed by atoms with Crippen molar-refractivity contribution >= 4 is 6.09 Å². The van der Waals surface area contributed by atoms with Crippen molar-refractivity contribution in [3.8, 4) is 0 Å². The van der Waals surface area contributed by atoms with E-state index < -0.39 is 5.60 Å². The van der Waals surface area contributed by atoms with Gasteiger partial charge in [0, 0.05) is 12.1 Å². The molecular weight excluding hydrogens is 290 g/mol. The Labute approximate surface area is 142 Å². The summed E-state index contributed by atoms with van der Waals surface area (Å²) in [5.41, 5.74) is 5.42. The molecule has 3 atom stereocenters. The van der Waals surface area contributed by atoms with Crippen LogP contribution in [0.1, 0.15) is 66.7 Å². The number of nitrogens with two attached hydrogens (primary N) is 1. The Morgan fingerprint density at radius 1 is 1.17 bits per heavy atom. The van der Waals surface area contributed by atoms with E-state index in [0.717, 1.165) is 25.8 Å². The minimum atomic E-state index is -0.458. The second kappa shape index (κ2) is 9.48. The Morgan fingerprint density at radius 3 is 2.30 bits per heavy atom. The van der Waals surface area contributed by atoms with Crippen LogP contribution in [-0.2, 0) is 4.74 Å². The molecule has 0 aromatic heterocycles. The van der Waals surface area contributed by atoms with Crippen LogP contribution < -0.4 is 16.4 Å². The molecule has 0 bridgehead atoms. The largest absolute Gasteiger partial charge is 0.444 e. The summed E-state index contributed by atoms with van der Waals surface area (Å²) in [6.07, 6.45) is 5.38. The van der Waals surface area contributed by atoms with Gasteiger partial charge in [-0.1, -0.05) is 33.1 Å². The second-order valence-corrected chi connectivity index (χ2v) is 8.15. The summed E-state index contributed by atoms with van der Waals surface area (Å²) in [6.45, 7) is 11.7. The van der Waals surface area contributed by atoms with Crippen molar-refractivity contribution in [2.75, 3.05) is 13.1 Å². The molecule has 136 valence electrons. The maximum atomic E-state index is 12.1. The van der Waals surface area contributed by atoms with E-state index in [1.54, 1.807) is 0 Å². The first-order valence-corrected chi connectivity index (χ1v) is 9.16. The molecule has 1 aliphatic carbocycles. The van der Waals surface area contributed by atoms with Gasteiger partial charge in [0.2, 0.25) is 0 Å². The second-order valence-electron chi connectivity index (χ2n) is 8.15. The van der Waals surface area contributed by atoms with Crippen molar-refractivity contribution in [1.29, 1.82) is 0 Å². The fourth-order valence-corrected chi connectivity index (χ4v) is 3.08. The molecule has 4 N–H and O–H groups in total. The Balaban J connectivity index is 2.59. The minimum absolute atomic E-state index is 0.137. The van der Waals surface area contributed by atoms with Gasteiger partial charge in [-0.2, -0.15) is 0 Å². The summed E-state index contributed by atoms with van der Waals surface area (Å²) in [4.78, 5) is 12.1. The molecule has 1 saturated carbocycles. The van der Waals surface area contributed by atoms with E-state index in [-0.39, 0.29) is 12.1 Å². The maximum Gasteiger partial charge on any atom is 0.407 e. The molecule has 23 heavy (non-hydrogen) atoms. The van der Waals surface area contributed by atoms with E-state index in [1.807, 2.05) is 20.8 Å². The van der Waals surface area contributed by atoms with Gasteiger partial charge >= 0.3 is 6.09 Å². The maximum absolute atomic E-state index is 12.1. The molecule has 1 amide bonds. The van der Waals surface area contributed by atoms with Crippen LogP contribution in [0, 0.1) is 11.8 Å². The first-order chi connectivity index (χ1) is 10.7. The van der Waals surface area contributed by atoms with Gasteiger partial charge in [-0.25, -0.2) is 4.79 Å². The van der Waals surface area contributed by atoms with Crippen LogP contribution in [0.5, 0.6) is 0 Å². The van der Waals surface area contributed by atoms with E-state index in [4.69, 9.17) is 10.5 Å². The van der Waals surface area contributed by atoms with E-state index in [2.05, 4.69) is 24.5 Å². The van der Waals surface area contributed by atoms with Gasteiger partial charge in [0.1, 0.15) is 5.60 Å². The smallest absolute Gasteiger partial charge is 0.407 e. The fourth-order valence-electron chi connectivity index (χ4n) is 3.08. The molecule has 1 aliphatic rings. The van der Waals surface area contributed by atoms with Gasteiger partial charge < -0.3 is 21.1 Å². The zero-order valence-corrected chi connectivity index (χ0v) is 15.7. The number of nitrogens with one attached hydrogen (secondary N) is 2. The van der Waals surface area contributed by atoms with Gasteiger partial charge in [0.05, 0.1) is 0 Å². The molecule has 5 nitrogen and oxygen atoms in total. The normalized spacial score (nSPS) is 24.1. The highest BCUT2D eigenvalue weighted by Crippen LogP contribution is 2.20. The number of ether oxygens (including phenoxy) is 1. The summed E-state index contributed by atoms with van der Waals surface area (Å²) >= 11 is 0. The van der Waals surface area contributed by atoms with Gasteiger partial charge in [-0.3, -0.25) is 0 Å². The average Bonchev–Trinajstić information content (AvgIpc) is 2.62. The zero-order chi connectivity index (χ0) is 17.5. The summed E-state index contributed by atoms with van der Waals surface area (Å²) in [6, 6.07) is 0.441. The first kappa shape index (κ1) is 20.2. The zero-order valence-electron chi connectivity index (χ0n) is 15.7. The predicted octanol–water partition coefficient (Wildman–Crippen LogP) is 3.03. The van der Waals surface area contributed by atoms with E-state index in [9.17, 15) is 4.79 Å². The predicted molar refractivity (Wildman–Crippen MR) is 95.4 cm³/mol. The van der Waals surface area contributed by atoms with Gasteiger partial charge in [0.25, 0.3) is 0 Å². The highest BCUT2D eigenvalue weighted by atomic mass is 16.6. The van der Waals surface area contributed by atoms with Crippen molar-refractivity contribution in [2.45, 2.75) is 84.4 Å². The van der Waals surface area contributed by atoms with Crippen LogP contribution in [0.15, 0.2) is 0 Å². The first-order valence-electron chi connectivity index (χ1n) is 9.16. The van der Waals surface area contributed by atoms with Gasteiger partial charge in [-0.15, -0.1) is 0 Å². The molecule has 1 fully saturated rings. The molecule has 0 aromatic carbocycles. The lowest BCUT2D eigenvalue weighted by molar-refractivity contribution is 0.0489. The lowest BCUT2D eigenvalue weighted by atomic mass is 9.94. The molecule has 0 saturated heterocycles. The monoisotopic (exact) mass is 327 g/mol. The van der Waals surface area contributed by atoms with Crippen LogP contribution in [0.3, 0.4) is 0 Å². The third kappa shape index (κ3) is 8.02. The van der Waals surface area contributed by atoms with Crippen molar-refractivity contribution in [2.24, 2.45) is 17.6 Å². The Hall–Kier alpha value is -0.810. The molecule has 0 heterocycles. The van der Waals surface area contributed by atoms with Gasteiger partial charge in [-0.05, 0) is 58.5 Å². The van der Waals surface area contributed by atoms with Crippen LogP contribution in [-0.4, -0.2) is 36.9 Å². The van der Waals surface area contributed by atoms with Crippen LogP contribution in [0.25, 0.3) is 0 Å². The number of amides is 1. The van der Waals surface area contributed by atoms with Gasteiger partial charge in [0.15, 0.2) is 0 Å². The fraction of sp³-hybridized carbons (Fsp3) is 0.944. The number of carbonyl (C=O) groups is 1. The number of hydrogen-bond acceptors (Lipinski definition) is 4. The highest BCUT2D eigenvalue weighted by molar-refractivity contribution is 5.68. The van der Waals surface area contributed by atoms with Crippen LogP contribution >= 0.6 is 0 Å². The molecule has 0 radical (unpaired) electrons. The van der Waals surface area contributed by atoms with Crippen molar-refractivity contribution in [3.63, 3.8) is 0 Å². The summed E-state index contributed by atoms with van der Waals surface area (Å²) in [7, 11) is 0. The minimum Gasteiger partial charge on any atom is -0.444 e. The Kier molecular flexibility index (Phi) is 8.34. The van der Waals surface area contributed by atoms with Crippen LogP contribution in [0.2, 0.25) is 0 Å². The topological polar surface area (TPSA) is 76.4 Å². The number of carbonyl (C=O) groups excluding carboxylic acids is 1. The van der Waals surface area contributed by atoms with Crippen LogP contribution in [0.4, 0.5) is 4.79 Å². The number of hydrogen-bond donors (Lipinski definition) is 3. The van der Waals surface area contributed by atoms with Crippen molar-refractivity contribution in [3.05, 3.63) is 0 Å². The molecular formula is C18H37N3O2. The molecule has 0 aromatic rings. The molecule has 3 unspecified atom stereocenters. The van der Waals surface area contributed by atoms with E-state index >= 15 is 0 Å². The molecule has 1 rings (SSSR count). The average molecular weight is 328 g/mol. The SMILES string of the molecule is CC(C)C(CN)CNC1CCCCCC1NC(=O)OC(C)(C)C. The van der Waals surface area contributed by atoms with Crippen molar-refractivity contribution in [1.82, 2.24) is 10.6 Å². The lowest BCUT2D eigenvalue weighted by Crippen LogP contribution is -2.52. The Morgan fingerprint density at radius 2 is 1.78 bits per heavy atom. The van der Waals surface area contributed by atoms with E-state index in [1.165, 1.54) is 12.8 Å². The third-order valence-electron chi connectivity index (χ3n) is 4.61. The number of rotatable bonds is 6. The lowest BCUT2D eigenvalue weighted by Gasteiger charge is -2.30. The standard InChI is InChI=1S/C18H37N3O2/c1-13(2)14(11-19)12-20-15-9-7-6-8-10-16(15)21-17(22)23-18(3,4)5/h13-16,20H,6-12,19H2,1-5H3,(H,21,22). The number of alkyl carbamates (subject to hydrolysis) is 1. The Bertz CT molecular complexity index is 353. The quantitative estimate of drug-likeness (QED) is 0.655. The molecule has 0 spiro atoms. The molecule has 0 aliphatic heterocycles. The summed E-state index contributed by atoms with van der Waals surface area (Å²) in [5, 5.41) is 6.74. The molecule has 5 heteroatoms. The third-order valence-corrected chi connectivity index (χ3v) is 4.61. The summed E-state index contributed by atoms with van der Waals surface area (Å²) < 4.78 is 5.42. The summed E-state index contributed by atoms with van der Waals surface area (Å²) in [5.74, 6) is 1.04. The van der Waals surface area contributed by atoms with E-state index in [0.29, 0.717) is 24.4 Å². The van der Waals surface area contributed by atoms with Crippen molar-refractivity contribution < 1.29 is 9.53 Å². The highest BCUT2D eigenvalue weighted by Gasteiger charge is 2.27.